The number of benzene rings is 1. The summed E-state index contributed by atoms with van der Waals surface area (Å²) in [5.41, 5.74) is 0.858. The lowest BCUT2D eigenvalue weighted by Crippen LogP contribution is -2.11. The number of hydrogen-bond acceptors (Lipinski definition) is 4. The van der Waals surface area contributed by atoms with Crippen LogP contribution in [0.2, 0.25) is 0 Å². The third-order valence-corrected chi connectivity index (χ3v) is 4.76. The molecule has 2 aromatic rings. The molecule has 0 fully saturated rings. The molecular formula is C14H11F2NO3S2. The van der Waals surface area contributed by atoms with Crippen LogP contribution in [0.1, 0.15) is 22.3 Å². The summed E-state index contributed by atoms with van der Waals surface area (Å²) in [4.78, 5) is 11.8. The second-order valence-corrected chi connectivity index (χ2v) is 7.66. The molecule has 0 amide bonds. The van der Waals surface area contributed by atoms with Crippen molar-refractivity contribution in [1.82, 2.24) is 0 Å². The maximum atomic E-state index is 13.9. The van der Waals surface area contributed by atoms with Crippen LogP contribution in [0.3, 0.4) is 0 Å². The van der Waals surface area contributed by atoms with E-state index in [4.69, 9.17) is 0 Å². The first-order valence-electron chi connectivity index (χ1n) is 6.37. The van der Waals surface area contributed by atoms with Gasteiger partial charge in [0.2, 0.25) is 10.0 Å². The van der Waals surface area contributed by atoms with Gasteiger partial charge in [0.15, 0.2) is 10.9 Å². The van der Waals surface area contributed by atoms with Gasteiger partial charge >= 0.3 is 0 Å². The lowest BCUT2D eigenvalue weighted by Gasteiger charge is -2.13. The van der Waals surface area contributed by atoms with Gasteiger partial charge in [-0.1, -0.05) is 0 Å². The van der Waals surface area contributed by atoms with E-state index in [2.05, 4.69) is 4.72 Å². The van der Waals surface area contributed by atoms with Crippen LogP contribution >= 0.6 is 11.3 Å². The highest BCUT2D eigenvalue weighted by atomic mass is 32.2. The Morgan fingerprint density at radius 3 is 2.50 bits per heavy atom. The molecule has 0 unspecified atom stereocenters. The molecule has 1 N–H and O–H groups in total. The van der Waals surface area contributed by atoms with Crippen LogP contribution in [0, 0.1) is 10.9 Å². The number of hydrogen-bond donors (Lipinski definition) is 1. The van der Waals surface area contributed by atoms with Crippen molar-refractivity contribution in [3.05, 3.63) is 39.6 Å². The monoisotopic (exact) mass is 343 g/mol. The molecule has 4 nitrogen and oxygen atoms in total. The summed E-state index contributed by atoms with van der Waals surface area (Å²) in [5, 5.41) is 0.240. The van der Waals surface area contributed by atoms with Gasteiger partial charge in [0.25, 0.3) is 0 Å². The minimum absolute atomic E-state index is 0.0377. The van der Waals surface area contributed by atoms with Crippen LogP contribution in [-0.4, -0.2) is 20.5 Å². The molecule has 1 heterocycles. The standard InChI is InChI=1S/C14H11F2NO3S2/c1-22(19,20)17-11-4-7-2-3-12(18)8(7)5-9(11)13-10(15)6-21-14(13)16/h4-6,17H,2-3H2,1H3. The highest BCUT2D eigenvalue weighted by Gasteiger charge is 2.26. The summed E-state index contributed by atoms with van der Waals surface area (Å²) in [6.07, 6.45) is 1.75. The largest absolute Gasteiger partial charge is 0.294 e. The highest BCUT2D eigenvalue weighted by Crippen LogP contribution is 2.39. The van der Waals surface area contributed by atoms with E-state index >= 15 is 0 Å². The molecule has 0 aliphatic heterocycles. The molecule has 116 valence electrons. The summed E-state index contributed by atoms with van der Waals surface area (Å²) >= 11 is 0.583. The highest BCUT2D eigenvalue weighted by molar-refractivity contribution is 7.92. The van der Waals surface area contributed by atoms with Gasteiger partial charge in [0.1, 0.15) is 5.82 Å². The molecule has 1 aliphatic rings. The zero-order chi connectivity index (χ0) is 16.1. The van der Waals surface area contributed by atoms with Crippen molar-refractivity contribution in [3.63, 3.8) is 0 Å². The third-order valence-electron chi connectivity index (χ3n) is 3.43. The average molecular weight is 343 g/mol. The Morgan fingerprint density at radius 2 is 1.91 bits per heavy atom. The Hall–Kier alpha value is -1.80. The summed E-state index contributed by atoms with van der Waals surface area (Å²) in [6.45, 7) is 0. The topological polar surface area (TPSA) is 63.2 Å². The van der Waals surface area contributed by atoms with Crippen molar-refractivity contribution < 1.29 is 22.0 Å². The first-order chi connectivity index (χ1) is 10.3. The number of aryl methyl sites for hydroxylation is 1. The Bertz CT molecular complexity index is 868. The van der Waals surface area contributed by atoms with Crippen LogP contribution in [0.25, 0.3) is 11.1 Å². The molecule has 0 radical (unpaired) electrons. The van der Waals surface area contributed by atoms with Gasteiger partial charge in [-0.25, -0.2) is 12.8 Å². The molecule has 0 spiro atoms. The van der Waals surface area contributed by atoms with E-state index in [-0.39, 0.29) is 22.6 Å². The Labute approximate surface area is 129 Å². The summed E-state index contributed by atoms with van der Waals surface area (Å²) in [7, 11) is -3.62. The molecule has 0 saturated heterocycles. The van der Waals surface area contributed by atoms with Crippen LogP contribution in [0.4, 0.5) is 14.5 Å². The number of thiophene rings is 1. The lowest BCUT2D eigenvalue weighted by atomic mass is 10.00. The molecule has 22 heavy (non-hydrogen) atoms. The fourth-order valence-electron chi connectivity index (χ4n) is 2.53. The molecule has 1 aliphatic carbocycles. The number of carbonyl (C=O) groups is 1. The average Bonchev–Trinajstić information content (AvgIpc) is 2.91. The van der Waals surface area contributed by atoms with Gasteiger partial charge in [-0.05, 0) is 24.1 Å². The maximum absolute atomic E-state index is 13.9. The van der Waals surface area contributed by atoms with Crippen LogP contribution in [0.15, 0.2) is 17.5 Å². The quantitative estimate of drug-likeness (QED) is 0.931. The second kappa shape index (κ2) is 5.13. The first-order valence-corrected chi connectivity index (χ1v) is 9.14. The van der Waals surface area contributed by atoms with Gasteiger partial charge in [-0.15, -0.1) is 11.3 Å². The van der Waals surface area contributed by atoms with Crippen molar-refractivity contribution in [3.8, 4) is 11.1 Å². The zero-order valence-corrected chi connectivity index (χ0v) is 13.1. The first kappa shape index (κ1) is 15.1. The van der Waals surface area contributed by atoms with Crippen molar-refractivity contribution >= 4 is 32.8 Å². The maximum Gasteiger partial charge on any atom is 0.229 e. The number of carbonyl (C=O) groups excluding carboxylic acids is 1. The van der Waals surface area contributed by atoms with E-state index in [1.54, 1.807) is 0 Å². The lowest BCUT2D eigenvalue weighted by molar-refractivity contribution is 0.0994. The number of sulfonamides is 1. The number of rotatable bonds is 3. The minimum atomic E-state index is -3.62. The van der Waals surface area contributed by atoms with E-state index in [0.29, 0.717) is 35.3 Å². The fourth-order valence-corrected chi connectivity index (χ4v) is 3.75. The number of halogens is 2. The smallest absolute Gasteiger partial charge is 0.229 e. The van der Waals surface area contributed by atoms with Gasteiger partial charge in [0, 0.05) is 22.9 Å². The van der Waals surface area contributed by atoms with Crippen LogP contribution in [-0.2, 0) is 16.4 Å². The number of anilines is 1. The molecule has 0 atom stereocenters. The van der Waals surface area contributed by atoms with E-state index in [9.17, 15) is 22.0 Å². The van der Waals surface area contributed by atoms with Gasteiger partial charge in [-0.2, -0.15) is 4.39 Å². The molecule has 1 aromatic heterocycles. The minimum Gasteiger partial charge on any atom is -0.294 e. The van der Waals surface area contributed by atoms with Crippen LogP contribution in [0.5, 0.6) is 0 Å². The van der Waals surface area contributed by atoms with E-state index < -0.39 is 21.0 Å². The predicted molar refractivity (Wildman–Crippen MR) is 80.8 cm³/mol. The van der Waals surface area contributed by atoms with E-state index in [1.165, 1.54) is 12.1 Å². The molecule has 0 bridgehead atoms. The fraction of sp³-hybridized carbons (Fsp3) is 0.214. The third kappa shape index (κ3) is 2.64. The Balaban J connectivity index is 2.27. The summed E-state index contributed by atoms with van der Waals surface area (Å²) < 4.78 is 53.0. The van der Waals surface area contributed by atoms with Crippen molar-refractivity contribution in [2.24, 2.45) is 0 Å². The molecule has 3 rings (SSSR count). The second-order valence-electron chi connectivity index (χ2n) is 5.08. The normalized spacial score (nSPS) is 14.2. The Morgan fingerprint density at radius 1 is 1.18 bits per heavy atom. The number of Topliss-reactive ketones (excluding diaryl/α,β-unsaturated/α-hetero) is 1. The van der Waals surface area contributed by atoms with Gasteiger partial charge in [-0.3, -0.25) is 9.52 Å². The molecule has 0 saturated carbocycles. The van der Waals surface area contributed by atoms with Gasteiger partial charge < -0.3 is 0 Å². The summed E-state index contributed by atoms with van der Waals surface area (Å²) in [5.74, 6) is -0.900. The zero-order valence-electron chi connectivity index (χ0n) is 11.4. The number of ketones is 1. The number of fused-ring (bicyclic) bond motifs is 1. The SMILES string of the molecule is CS(=O)(=O)Nc1cc2c(cc1-c1c(F)csc1F)C(=O)CC2. The molecule has 8 heteroatoms. The molecular weight excluding hydrogens is 332 g/mol. The summed E-state index contributed by atoms with van der Waals surface area (Å²) in [6, 6.07) is 2.85. The van der Waals surface area contributed by atoms with E-state index in [1.807, 2.05) is 0 Å². The van der Waals surface area contributed by atoms with Crippen molar-refractivity contribution in [2.75, 3.05) is 11.0 Å². The van der Waals surface area contributed by atoms with Crippen LogP contribution < -0.4 is 4.72 Å². The van der Waals surface area contributed by atoms with E-state index in [0.717, 1.165) is 11.6 Å². The van der Waals surface area contributed by atoms with Crippen molar-refractivity contribution in [1.29, 1.82) is 0 Å². The van der Waals surface area contributed by atoms with Crippen molar-refractivity contribution in [2.45, 2.75) is 12.8 Å². The Kier molecular flexibility index (Phi) is 3.53. The predicted octanol–water partition coefficient (Wildman–Crippen LogP) is 3.19. The van der Waals surface area contributed by atoms with Gasteiger partial charge in [0.05, 0.1) is 17.5 Å². The number of nitrogens with one attached hydrogen (secondary N) is 1. The molecule has 1 aromatic carbocycles.